The van der Waals surface area contributed by atoms with Crippen molar-refractivity contribution < 1.29 is 9.60 Å². The first-order chi connectivity index (χ1) is 10.0. The molecule has 2 rings (SSSR count). The number of oxime groups is 1. The summed E-state index contributed by atoms with van der Waals surface area (Å²) in [5.41, 5.74) is 7.71. The van der Waals surface area contributed by atoms with Gasteiger partial charge in [-0.2, -0.15) is 0 Å². The fourth-order valence-corrected chi connectivity index (χ4v) is 2.74. The number of aryl methyl sites for hydroxylation is 1. The van der Waals surface area contributed by atoms with Crippen molar-refractivity contribution in [3.8, 4) is 0 Å². The Morgan fingerprint density at radius 1 is 1.57 bits per heavy atom. The average molecular weight is 308 g/mol. The number of hydrogen-bond donors (Lipinski definition) is 3. The number of aromatic nitrogens is 1. The maximum atomic E-state index is 13.3. The Morgan fingerprint density at radius 3 is 2.95 bits per heavy atom. The molecule has 0 fully saturated rings. The minimum atomic E-state index is -0.427. The van der Waals surface area contributed by atoms with E-state index in [1.54, 1.807) is 17.4 Å². The van der Waals surface area contributed by atoms with Gasteiger partial charge in [0.2, 0.25) is 0 Å². The van der Waals surface area contributed by atoms with Gasteiger partial charge in [-0.25, -0.2) is 9.37 Å². The quantitative estimate of drug-likeness (QED) is 0.343. The number of hydrogen-bond acceptors (Lipinski definition) is 5. The molecular formula is C14H17FN4OS. The van der Waals surface area contributed by atoms with Crippen molar-refractivity contribution >= 4 is 17.2 Å². The molecular weight excluding hydrogens is 291 g/mol. The highest BCUT2D eigenvalue weighted by atomic mass is 32.1. The van der Waals surface area contributed by atoms with Crippen LogP contribution in [0, 0.1) is 12.7 Å². The van der Waals surface area contributed by atoms with Crippen LogP contribution in [-0.4, -0.2) is 16.0 Å². The van der Waals surface area contributed by atoms with Crippen molar-refractivity contribution in [2.75, 3.05) is 0 Å². The molecule has 0 spiro atoms. The summed E-state index contributed by atoms with van der Waals surface area (Å²) < 4.78 is 13.3. The molecule has 1 unspecified atom stereocenters. The van der Waals surface area contributed by atoms with Gasteiger partial charge in [0, 0.05) is 23.2 Å². The molecule has 7 heteroatoms. The number of rotatable bonds is 5. The van der Waals surface area contributed by atoms with E-state index in [1.165, 1.54) is 12.1 Å². The first-order valence-electron chi connectivity index (χ1n) is 6.43. The van der Waals surface area contributed by atoms with Gasteiger partial charge in [0.1, 0.15) is 10.8 Å². The minimum absolute atomic E-state index is 0.0638. The zero-order valence-electron chi connectivity index (χ0n) is 11.8. The SMILES string of the molecule is Cc1csc(C(C)NCc2ccc(F)cc2C(N)=NO)n1. The third-order valence-electron chi connectivity index (χ3n) is 3.06. The summed E-state index contributed by atoms with van der Waals surface area (Å²) in [5.74, 6) is -0.534. The molecule has 0 aliphatic heterocycles. The van der Waals surface area contributed by atoms with Gasteiger partial charge in [-0.3, -0.25) is 0 Å². The van der Waals surface area contributed by atoms with Crippen molar-refractivity contribution in [3.63, 3.8) is 0 Å². The highest BCUT2D eigenvalue weighted by Gasteiger charge is 2.12. The van der Waals surface area contributed by atoms with Gasteiger partial charge in [-0.1, -0.05) is 11.2 Å². The Morgan fingerprint density at radius 2 is 2.33 bits per heavy atom. The predicted octanol–water partition coefficient (Wildman–Crippen LogP) is 2.54. The van der Waals surface area contributed by atoms with Gasteiger partial charge in [0.05, 0.1) is 6.04 Å². The smallest absolute Gasteiger partial charge is 0.170 e. The molecule has 0 amide bonds. The lowest BCUT2D eigenvalue weighted by Crippen LogP contribution is -2.22. The normalized spacial score (nSPS) is 13.4. The van der Waals surface area contributed by atoms with E-state index in [2.05, 4.69) is 15.5 Å². The Labute approximate surface area is 126 Å². The molecule has 1 aromatic heterocycles. The lowest BCUT2D eigenvalue weighted by atomic mass is 10.1. The van der Waals surface area contributed by atoms with Crippen LogP contribution in [0.2, 0.25) is 0 Å². The number of nitrogens with one attached hydrogen (secondary N) is 1. The fourth-order valence-electron chi connectivity index (χ4n) is 1.92. The predicted molar refractivity (Wildman–Crippen MR) is 81.0 cm³/mol. The van der Waals surface area contributed by atoms with E-state index >= 15 is 0 Å². The Hall–Kier alpha value is -1.99. The summed E-state index contributed by atoms with van der Waals surface area (Å²) in [6.45, 7) is 4.42. The Bertz CT molecular complexity index is 656. The molecule has 0 aliphatic carbocycles. The van der Waals surface area contributed by atoms with Crippen molar-refractivity contribution in [1.29, 1.82) is 0 Å². The van der Waals surface area contributed by atoms with Gasteiger partial charge in [-0.05, 0) is 31.5 Å². The maximum Gasteiger partial charge on any atom is 0.170 e. The van der Waals surface area contributed by atoms with Crippen molar-refractivity contribution in [3.05, 3.63) is 51.2 Å². The highest BCUT2D eigenvalue weighted by Crippen LogP contribution is 2.19. The van der Waals surface area contributed by atoms with Crippen LogP contribution in [0.5, 0.6) is 0 Å². The topological polar surface area (TPSA) is 83.5 Å². The van der Waals surface area contributed by atoms with Crippen LogP contribution in [0.25, 0.3) is 0 Å². The van der Waals surface area contributed by atoms with Crippen LogP contribution >= 0.6 is 11.3 Å². The summed E-state index contributed by atoms with van der Waals surface area (Å²) in [6.07, 6.45) is 0. The van der Waals surface area contributed by atoms with Gasteiger partial charge in [-0.15, -0.1) is 11.3 Å². The summed E-state index contributed by atoms with van der Waals surface area (Å²) >= 11 is 1.59. The number of amidine groups is 1. The molecule has 1 heterocycles. The van der Waals surface area contributed by atoms with E-state index in [-0.39, 0.29) is 11.9 Å². The fraction of sp³-hybridized carbons (Fsp3) is 0.286. The maximum absolute atomic E-state index is 13.3. The van der Waals surface area contributed by atoms with E-state index in [0.717, 1.165) is 16.3 Å². The molecule has 1 aromatic carbocycles. The van der Waals surface area contributed by atoms with Crippen LogP contribution in [0.4, 0.5) is 4.39 Å². The molecule has 0 saturated heterocycles. The second-order valence-electron chi connectivity index (χ2n) is 4.72. The zero-order valence-corrected chi connectivity index (χ0v) is 12.6. The van der Waals surface area contributed by atoms with Gasteiger partial charge >= 0.3 is 0 Å². The van der Waals surface area contributed by atoms with Crippen LogP contribution < -0.4 is 11.1 Å². The zero-order chi connectivity index (χ0) is 15.4. The first kappa shape index (κ1) is 15.4. The molecule has 112 valence electrons. The second-order valence-corrected chi connectivity index (χ2v) is 5.61. The summed E-state index contributed by atoms with van der Waals surface area (Å²) in [7, 11) is 0. The molecule has 0 bridgehead atoms. The minimum Gasteiger partial charge on any atom is -0.409 e. The highest BCUT2D eigenvalue weighted by molar-refractivity contribution is 7.09. The van der Waals surface area contributed by atoms with Gasteiger partial charge < -0.3 is 16.3 Å². The van der Waals surface area contributed by atoms with E-state index in [0.29, 0.717) is 12.1 Å². The molecule has 4 N–H and O–H groups in total. The van der Waals surface area contributed by atoms with Crippen LogP contribution in [0.15, 0.2) is 28.7 Å². The second kappa shape index (κ2) is 6.64. The molecule has 1 atom stereocenters. The van der Waals surface area contributed by atoms with E-state index in [4.69, 9.17) is 10.9 Å². The first-order valence-corrected chi connectivity index (χ1v) is 7.31. The molecule has 0 saturated carbocycles. The monoisotopic (exact) mass is 308 g/mol. The van der Waals surface area contributed by atoms with Crippen molar-refractivity contribution in [2.45, 2.75) is 26.4 Å². The summed E-state index contributed by atoms with van der Waals surface area (Å²) in [6, 6.07) is 4.29. The van der Waals surface area contributed by atoms with E-state index in [9.17, 15) is 4.39 Å². The van der Waals surface area contributed by atoms with Crippen LogP contribution in [-0.2, 0) is 6.54 Å². The Kier molecular flexibility index (Phi) is 4.87. The number of nitrogens with zero attached hydrogens (tertiary/aromatic N) is 2. The third kappa shape index (κ3) is 3.77. The summed E-state index contributed by atoms with van der Waals surface area (Å²) in [5, 5.41) is 18.0. The molecule has 0 radical (unpaired) electrons. The molecule has 2 aromatic rings. The van der Waals surface area contributed by atoms with Crippen molar-refractivity contribution in [1.82, 2.24) is 10.3 Å². The number of benzene rings is 1. The van der Waals surface area contributed by atoms with Gasteiger partial charge in [0.15, 0.2) is 5.84 Å². The number of halogens is 1. The molecule has 21 heavy (non-hydrogen) atoms. The summed E-state index contributed by atoms with van der Waals surface area (Å²) in [4.78, 5) is 4.42. The lowest BCUT2D eigenvalue weighted by Gasteiger charge is -2.13. The average Bonchev–Trinajstić information content (AvgIpc) is 2.91. The van der Waals surface area contributed by atoms with Crippen LogP contribution in [0.1, 0.15) is 34.8 Å². The number of nitrogens with two attached hydrogens (primary N) is 1. The standard InChI is InChI=1S/C14H17FN4OS/c1-8-7-21-14(18-8)9(2)17-6-10-3-4-11(15)5-12(10)13(16)19-20/h3-5,7,9,17,20H,6H2,1-2H3,(H2,16,19). The number of thiazole rings is 1. The van der Waals surface area contributed by atoms with E-state index < -0.39 is 5.82 Å². The van der Waals surface area contributed by atoms with E-state index in [1.807, 2.05) is 19.2 Å². The molecule has 5 nitrogen and oxygen atoms in total. The largest absolute Gasteiger partial charge is 0.409 e. The lowest BCUT2D eigenvalue weighted by molar-refractivity contribution is 0.318. The van der Waals surface area contributed by atoms with Gasteiger partial charge in [0.25, 0.3) is 0 Å². The Balaban J connectivity index is 2.13. The molecule has 0 aliphatic rings. The third-order valence-corrected chi connectivity index (χ3v) is 4.21. The van der Waals surface area contributed by atoms with Crippen molar-refractivity contribution in [2.24, 2.45) is 10.9 Å². The van der Waals surface area contributed by atoms with Crippen LogP contribution in [0.3, 0.4) is 0 Å².